The Labute approximate surface area is 88.5 Å². The van der Waals surface area contributed by atoms with Crippen LogP contribution in [0.3, 0.4) is 0 Å². The zero-order valence-corrected chi connectivity index (χ0v) is 8.62. The fourth-order valence-electron chi connectivity index (χ4n) is 1.20. The van der Waals surface area contributed by atoms with Crippen LogP contribution in [-0.2, 0) is 9.53 Å². The van der Waals surface area contributed by atoms with Crippen LogP contribution in [0.15, 0.2) is 0 Å². The van der Waals surface area contributed by atoms with Crippen molar-refractivity contribution in [2.45, 2.75) is 25.3 Å². The van der Waals surface area contributed by atoms with Gasteiger partial charge < -0.3 is 21.1 Å². The third-order valence-electron chi connectivity index (χ3n) is 2.22. The zero-order chi connectivity index (χ0) is 11.1. The lowest BCUT2D eigenvalue weighted by Crippen LogP contribution is -2.45. The summed E-state index contributed by atoms with van der Waals surface area (Å²) in [5.74, 6) is -0.506. The maximum absolute atomic E-state index is 11.2. The summed E-state index contributed by atoms with van der Waals surface area (Å²) in [7, 11) is 0. The van der Waals surface area contributed by atoms with Gasteiger partial charge in [0.25, 0.3) is 0 Å². The molecule has 1 aliphatic rings. The van der Waals surface area contributed by atoms with Crippen molar-refractivity contribution in [3.63, 3.8) is 0 Å². The van der Waals surface area contributed by atoms with Crippen molar-refractivity contribution >= 4 is 11.9 Å². The molecule has 3 amide bonds. The lowest BCUT2D eigenvalue weighted by Gasteiger charge is -2.26. The average Bonchev–Trinajstić information content (AvgIpc) is 2.10. The summed E-state index contributed by atoms with van der Waals surface area (Å²) in [5, 5.41) is 5.45. The Morgan fingerprint density at radius 3 is 2.67 bits per heavy atom. The number of urea groups is 1. The van der Waals surface area contributed by atoms with Crippen LogP contribution < -0.4 is 16.4 Å². The molecule has 4 N–H and O–H groups in total. The molecule has 0 bridgehead atoms. The first kappa shape index (κ1) is 11.8. The van der Waals surface area contributed by atoms with Crippen molar-refractivity contribution in [1.82, 2.24) is 10.6 Å². The van der Waals surface area contributed by atoms with E-state index in [-0.39, 0.29) is 12.6 Å². The molecule has 0 unspecified atom stereocenters. The third-order valence-corrected chi connectivity index (χ3v) is 2.22. The molecule has 0 radical (unpaired) electrons. The van der Waals surface area contributed by atoms with E-state index in [9.17, 15) is 9.59 Å². The summed E-state index contributed by atoms with van der Waals surface area (Å²) in [4.78, 5) is 21.5. The largest absolute Gasteiger partial charge is 0.370 e. The Morgan fingerprint density at radius 2 is 2.13 bits per heavy atom. The number of amides is 3. The normalized spacial score (nSPS) is 15.5. The Hall–Kier alpha value is -1.30. The lowest BCUT2D eigenvalue weighted by atomic mass is 9.93. The molecule has 1 saturated carbocycles. The van der Waals surface area contributed by atoms with Gasteiger partial charge in [-0.3, -0.25) is 4.79 Å². The molecular formula is C9H17N3O3. The second-order valence-corrected chi connectivity index (χ2v) is 3.55. The van der Waals surface area contributed by atoms with Crippen molar-refractivity contribution in [3.05, 3.63) is 0 Å². The number of carbonyl (C=O) groups is 2. The number of nitrogens with two attached hydrogens (primary N) is 1. The highest BCUT2D eigenvalue weighted by atomic mass is 16.5. The Balaban J connectivity index is 1.90. The molecular weight excluding hydrogens is 198 g/mol. The Bertz CT molecular complexity index is 229. The molecule has 86 valence electrons. The number of hydrogen-bond donors (Lipinski definition) is 3. The van der Waals surface area contributed by atoms with E-state index >= 15 is 0 Å². The molecule has 1 rings (SSSR count). The molecule has 0 aromatic rings. The number of carbonyl (C=O) groups excluding carboxylic acids is 2. The standard InChI is InChI=1S/C9H17N3O3/c10-8(13)6-15-5-4-11-9(14)12-7-2-1-3-7/h7H,1-6H2,(H2,10,13)(H2,11,12,14). The second-order valence-electron chi connectivity index (χ2n) is 3.55. The van der Waals surface area contributed by atoms with Crippen LogP contribution in [0, 0.1) is 0 Å². The fraction of sp³-hybridized carbons (Fsp3) is 0.778. The first-order valence-electron chi connectivity index (χ1n) is 5.09. The van der Waals surface area contributed by atoms with Crippen LogP contribution >= 0.6 is 0 Å². The van der Waals surface area contributed by atoms with Gasteiger partial charge in [0.2, 0.25) is 5.91 Å². The SMILES string of the molecule is NC(=O)COCCNC(=O)NC1CCC1. The molecule has 15 heavy (non-hydrogen) atoms. The average molecular weight is 215 g/mol. The number of primary amides is 1. The summed E-state index contributed by atoms with van der Waals surface area (Å²) in [6, 6.07) is 0.152. The van der Waals surface area contributed by atoms with Crippen LogP contribution in [0.25, 0.3) is 0 Å². The molecule has 1 aliphatic carbocycles. The molecule has 0 aliphatic heterocycles. The highest BCUT2D eigenvalue weighted by molar-refractivity contribution is 5.75. The number of rotatable bonds is 6. The van der Waals surface area contributed by atoms with Crippen molar-refractivity contribution in [2.75, 3.05) is 19.8 Å². The Morgan fingerprint density at radius 1 is 1.40 bits per heavy atom. The van der Waals surface area contributed by atoms with Crippen molar-refractivity contribution in [2.24, 2.45) is 5.73 Å². The quantitative estimate of drug-likeness (QED) is 0.513. The van der Waals surface area contributed by atoms with E-state index in [4.69, 9.17) is 10.5 Å². The van der Waals surface area contributed by atoms with Gasteiger partial charge in [-0.05, 0) is 19.3 Å². The van der Waals surface area contributed by atoms with Crippen LogP contribution in [0.2, 0.25) is 0 Å². The lowest BCUT2D eigenvalue weighted by molar-refractivity contribution is -0.122. The zero-order valence-electron chi connectivity index (χ0n) is 8.62. The van der Waals surface area contributed by atoms with E-state index in [1.54, 1.807) is 0 Å². The maximum Gasteiger partial charge on any atom is 0.315 e. The van der Waals surface area contributed by atoms with E-state index in [2.05, 4.69) is 10.6 Å². The van der Waals surface area contributed by atoms with E-state index < -0.39 is 5.91 Å². The van der Waals surface area contributed by atoms with Gasteiger partial charge in [-0.2, -0.15) is 0 Å². The van der Waals surface area contributed by atoms with Gasteiger partial charge in [-0.1, -0.05) is 0 Å². The van der Waals surface area contributed by atoms with Gasteiger partial charge >= 0.3 is 6.03 Å². The minimum Gasteiger partial charge on any atom is -0.370 e. The summed E-state index contributed by atoms with van der Waals surface area (Å²) < 4.78 is 4.87. The van der Waals surface area contributed by atoms with Gasteiger partial charge in [-0.25, -0.2) is 4.79 Å². The molecule has 0 saturated heterocycles. The van der Waals surface area contributed by atoms with Gasteiger partial charge in [0, 0.05) is 12.6 Å². The van der Waals surface area contributed by atoms with E-state index in [0.29, 0.717) is 19.2 Å². The molecule has 0 atom stereocenters. The van der Waals surface area contributed by atoms with E-state index in [1.165, 1.54) is 6.42 Å². The molecule has 0 aromatic carbocycles. The molecule has 1 fully saturated rings. The summed E-state index contributed by atoms with van der Waals surface area (Å²) in [6.07, 6.45) is 3.31. The van der Waals surface area contributed by atoms with E-state index in [1.807, 2.05) is 0 Å². The summed E-state index contributed by atoms with van der Waals surface area (Å²) in [6.45, 7) is 0.568. The van der Waals surface area contributed by atoms with Gasteiger partial charge in [0.1, 0.15) is 6.61 Å². The van der Waals surface area contributed by atoms with Crippen molar-refractivity contribution in [1.29, 1.82) is 0 Å². The smallest absolute Gasteiger partial charge is 0.315 e. The topological polar surface area (TPSA) is 93.5 Å². The van der Waals surface area contributed by atoms with Crippen LogP contribution in [0.5, 0.6) is 0 Å². The highest BCUT2D eigenvalue weighted by Crippen LogP contribution is 2.17. The second kappa shape index (κ2) is 6.23. The first-order valence-corrected chi connectivity index (χ1v) is 5.09. The predicted molar refractivity (Wildman–Crippen MR) is 54.2 cm³/mol. The minimum atomic E-state index is -0.506. The number of nitrogens with one attached hydrogen (secondary N) is 2. The minimum absolute atomic E-state index is 0.105. The third kappa shape index (κ3) is 5.21. The summed E-state index contributed by atoms with van der Waals surface area (Å²) >= 11 is 0. The van der Waals surface area contributed by atoms with Crippen LogP contribution in [0.1, 0.15) is 19.3 Å². The number of ether oxygens (including phenoxy) is 1. The molecule has 0 heterocycles. The van der Waals surface area contributed by atoms with Crippen molar-refractivity contribution < 1.29 is 14.3 Å². The van der Waals surface area contributed by atoms with Crippen molar-refractivity contribution in [3.8, 4) is 0 Å². The maximum atomic E-state index is 11.2. The molecule has 6 nitrogen and oxygen atoms in total. The monoisotopic (exact) mass is 215 g/mol. The highest BCUT2D eigenvalue weighted by Gasteiger charge is 2.18. The summed E-state index contributed by atoms with van der Waals surface area (Å²) in [5.41, 5.74) is 4.86. The molecule has 0 spiro atoms. The van der Waals surface area contributed by atoms with Crippen LogP contribution in [0.4, 0.5) is 4.79 Å². The molecule has 6 heteroatoms. The van der Waals surface area contributed by atoms with Gasteiger partial charge in [0.15, 0.2) is 0 Å². The van der Waals surface area contributed by atoms with Gasteiger partial charge in [-0.15, -0.1) is 0 Å². The molecule has 0 aromatic heterocycles. The number of hydrogen-bond acceptors (Lipinski definition) is 3. The van der Waals surface area contributed by atoms with E-state index in [0.717, 1.165) is 12.8 Å². The first-order chi connectivity index (χ1) is 7.18. The Kier molecular flexibility index (Phi) is 4.89. The predicted octanol–water partition coefficient (Wildman–Crippen LogP) is -0.660. The van der Waals surface area contributed by atoms with Crippen LogP contribution in [-0.4, -0.2) is 37.7 Å². The van der Waals surface area contributed by atoms with Gasteiger partial charge in [0.05, 0.1) is 6.61 Å². The fourth-order valence-corrected chi connectivity index (χ4v) is 1.20.